The summed E-state index contributed by atoms with van der Waals surface area (Å²) in [5, 5.41) is 9.89. The summed E-state index contributed by atoms with van der Waals surface area (Å²) in [6.07, 6.45) is 0. The van der Waals surface area contributed by atoms with Gasteiger partial charge in [0.05, 0.1) is 0 Å². The van der Waals surface area contributed by atoms with Crippen molar-refractivity contribution in [3.63, 3.8) is 0 Å². The molecule has 0 aliphatic heterocycles. The second-order valence-corrected chi connectivity index (χ2v) is 4.19. The Bertz CT molecular complexity index is 509. The van der Waals surface area contributed by atoms with Crippen LogP contribution in [-0.2, 0) is 0 Å². The van der Waals surface area contributed by atoms with Crippen molar-refractivity contribution in [1.29, 1.82) is 0 Å². The average molecular weight is 192 g/mol. The van der Waals surface area contributed by atoms with Crippen molar-refractivity contribution in [2.75, 3.05) is 0 Å². The Hall–Kier alpha value is -1.35. The molecule has 13 heavy (non-hydrogen) atoms. The third-order valence-corrected chi connectivity index (χ3v) is 2.83. The lowest BCUT2D eigenvalue weighted by Crippen LogP contribution is -1.97. The van der Waals surface area contributed by atoms with E-state index in [2.05, 4.69) is 0 Å². The van der Waals surface area contributed by atoms with E-state index in [0.717, 1.165) is 9.58 Å². The predicted molar refractivity (Wildman–Crippen MR) is 54.5 cm³/mol. The zero-order valence-corrected chi connectivity index (χ0v) is 7.89. The maximum Gasteiger partial charge on any atom is 0.188 e. The van der Waals surface area contributed by atoms with Gasteiger partial charge in [0.15, 0.2) is 5.43 Å². The fraction of sp³-hybridized carbons (Fsp3) is 0.100. The third-order valence-electron chi connectivity index (χ3n) is 1.84. The lowest BCUT2D eigenvalue weighted by atomic mass is 10.2. The molecule has 1 aromatic carbocycles. The molecule has 0 amide bonds. The smallest absolute Gasteiger partial charge is 0.188 e. The zero-order valence-electron chi connectivity index (χ0n) is 7.07. The van der Waals surface area contributed by atoms with Crippen molar-refractivity contribution in [2.45, 2.75) is 6.92 Å². The molecule has 0 spiro atoms. The molecule has 0 unspecified atom stereocenters. The number of hydrogen-bond donors (Lipinski definition) is 1. The van der Waals surface area contributed by atoms with Crippen LogP contribution in [0.3, 0.4) is 0 Å². The maximum atomic E-state index is 11.4. The van der Waals surface area contributed by atoms with E-state index in [1.165, 1.54) is 17.4 Å². The first-order valence-electron chi connectivity index (χ1n) is 3.90. The van der Waals surface area contributed by atoms with Gasteiger partial charge >= 0.3 is 0 Å². The number of aryl methyl sites for hydroxylation is 1. The number of hydrogen-bond acceptors (Lipinski definition) is 3. The van der Waals surface area contributed by atoms with E-state index in [4.69, 9.17) is 0 Å². The molecular weight excluding hydrogens is 184 g/mol. The summed E-state index contributed by atoms with van der Waals surface area (Å²) in [7, 11) is 0. The fourth-order valence-corrected chi connectivity index (χ4v) is 2.24. The van der Waals surface area contributed by atoms with Crippen LogP contribution in [0.15, 0.2) is 29.1 Å². The van der Waals surface area contributed by atoms with Gasteiger partial charge in [-0.2, -0.15) is 0 Å². The number of phenols is 1. The van der Waals surface area contributed by atoms with Crippen molar-refractivity contribution in [3.05, 3.63) is 39.4 Å². The molecule has 0 saturated heterocycles. The number of benzene rings is 1. The van der Waals surface area contributed by atoms with Crippen molar-refractivity contribution in [2.24, 2.45) is 0 Å². The van der Waals surface area contributed by atoms with Gasteiger partial charge in [-0.15, -0.1) is 11.3 Å². The molecular formula is C10H8O2S. The minimum absolute atomic E-state index is 0.0197. The van der Waals surface area contributed by atoms with Gasteiger partial charge in [-0.1, -0.05) is 0 Å². The summed E-state index contributed by atoms with van der Waals surface area (Å²) in [5.41, 5.74) is 0.0197. The minimum atomic E-state index is 0.0197. The Kier molecular flexibility index (Phi) is 1.81. The number of rotatable bonds is 0. The Labute approximate surface area is 79.1 Å². The summed E-state index contributed by atoms with van der Waals surface area (Å²) in [5.74, 6) is 0.203. The first-order valence-corrected chi connectivity index (χ1v) is 4.72. The average Bonchev–Trinajstić information content (AvgIpc) is 2.02. The van der Waals surface area contributed by atoms with Gasteiger partial charge in [0.25, 0.3) is 0 Å². The van der Waals surface area contributed by atoms with Gasteiger partial charge in [-0.05, 0) is 31.2 Å². The molecule has 1 heterocycles. The summed E-state index contributed by atoms with van der Waals surface area (Å²) in [6.45, 7) is 1.88. The Morgan fingerprint density at radius 3 is 2.85 bits per heavy atom. The van der Waals surface area contributed by atoms with Crippen LogP contribution in [0.4, 0.5) is 0 Å². The first-order chi connectivity index (χ1) is 6.16. The molecule has 66 valence electrons. The van der Waals surface area contributed by atoms with Gasteiger partial charge in [0, 0.05) is 15.0 Å². The number of aromatic hydroxyl groups is 1. The molecule has 0 saturated carbocycles. The van der Waals surface area contributed by atoms with E-state index in [-0.39, 0.29) is 11.2 Å². The van der Waals surface area contributed by atoms with E-state index in [1.54, 1.807) is 18.2 Å². The van der Waals surface area contributed by atoms with Crippen LogP contribution in [0.5, 0.6) is 5.75 Å². The van der Waals surface area contributed by atoms with E-state index in [0.29, 0.717) is 5.39 Å². The second kappa shape index (κ2) is 2.85. The van der Waals surface area contributed by atoms with Crippen LogP contribution in [0.1, 0.15) is 4.88 Å². The van der Waals surface area contributed by atoms with Crippen LogP contribution < -0.4 is 5.43 Å². The van der Waals surface area contributed by atoms with Crippen LogP contribution in [-0.4, -0.2) is 5.11 Å². The SMILES string of the molecule is Cc1cc(=O)c2ccc(O)cc2s1. The highest BCUT2D eigenvalue weighted by molar-refractivity contribution is 7.18. The van der Waals surface area contributed by atoms with Crippen LogP contribution >= 0.6 is 11.3 Å². The van der Waals surface area contributed by atoms with E-state index in [9.17, 15) is 9.90 Å². The molecule has 0 aliphatic rings. The molecule has 2 rings (SSSR count). The van der Waals surface area contributed by atoms with Crippen LogP contribution in [0.25, 0.3) is 10.1 Å². The lowest BCUT2D eigenvalue weighted by molar-refractivity contribution is 0.476. The summed E-state index contributed by atoms with van der Waals surface area (Å²) < 4.78 is 0.838. The molecule has 1 N–H and O–H groups in total. The highest BCUT2D eigenvalue weighted by Crippen LogP contribution is 2.22. The van der Waals surface area contributed by atoms with Crippen LogP contribution in [0, 0.1) is 6.92 Å². The van der Waals surface area contributed by atoms with E-state index < -0.39 is 0 Å². The van der Waals surface area contributed by atoms with Crippen molar-refractivity contribution < 1.29 is 5.11 Å². The predicted octanol–water partition coefficient (Wildman–Crippen LogP) is 2.28. The summed E-state index contributed by atoms with van der Waals surface area (Å²) in [6, 6.07) is 6.42. The largest absolute Gasteiger partial charge is 0.508 e. The van der Waals surface area contributed by atoms with E-state index >= 15 is 0 Å². The zero-order chi connectivity index (χ0) is 9.42. The lowest BCUT2D eigenvalue weighted by Gasteiger charge is -1.97. The molecule has 0 atom stereocenters. The standard InChI is InChI=1S/C10H8O2S/c1-6-4-9(12)8-3-2-7(11)5-10(8)13-6/h2-5,11H,1H3. The highest BCUT2D eigenvalue weighted by Gasteiger charge is 2.00. The molecule has 0 fully saturated rings. The van der Waals surface area contributed by atoms with Gasteiger partial charge in [0.2, 0.25) is 0 Å². The van der Waals surface area contributed by atoms with Crippen molar-refractivity contribution in [3.8, 4) is 5.75 Å². The first kappa shape index (κ1) is 8.26. The quantitative estimate of drug-likeness (QED) is 0.695. The molecule has 3 heteroatoms. The molecule has 2 aromatic rings. The van der Waals surface area contributed by atoms with Crippen LogP contribution in [0.2, 0.25) is 0 Å². The van der Waals surface area contributed by atoms with Crippen molar-refractivity contribution in [1.82, 2.24) is 0 Å². The minimum Gasteiger partial charge on any atom is -0.508 e. The number of fused-ring (bicyclic) bond motifs is 1. The molecule has 2 nitrogen and oxygen atoms in total. The Morgan fingerprint density at radius 2 is 2.08 bits per heavy atom. The molecule has 0 bridgehead atoms. The molecule has 1 aromatic heterocycles. The van der Waals surface area contributed by atoms with Gasteiger partial charge < -0.3 is 5.11 Å². The van der Waals surface area contributed by atoms with Gasteiger partial charge in [-0.25, -0.2) is 0 Å². The fourth-order valence-electron chi connectivity index (χ4n) is 1.26. The van der Waals surface area contributed by atoms with Crippen molar-refractivity contribution >= 4 is 21.4 Å². The number of phenolic OH excluding ortho intramolecular Hbond substituents is 1. The summed E-state index contributed by atoms with van der Waals surface area (Å²) in [4.78, 5) is 12.4. The molecule has 0 radical (unpaired) electrons. The molecule has 0 aliphatic carbocycles. The van der Waals surface area contributed by atoms with Gasteiger partial charge in [0.1, 0.15) is 5.75 Å². The maximum absolute atomic E-state index is 11.4. The highest BCUT2D eigenvalue weighted by atomic mass is 32.1. The third kappa shape index (κ3) is 1.42. The normalized spacial score (nSPS) is 10.5. The second-order valence-electron chi connectivity index (χ2n) is 2.90. The Morgan fingerprint density at radius 1 is 1.31 bits per heavy atom. The van der Waals surface area contributed by atoms with E-state index in [1.807, 2.05) is 6.92 Å². The Balaban J connectivity index is 2.95. The summed E-state index contributed by atoms with van der Waals surface area (Å²) >= 11 is 1.51. The monoisotopic (exact) mass is 192 g/mol. The topological polar surface area (TPSA) is 37.3 Å². The van der Waals surface area contributed by atoms with Gasteiger partial charge in [-0.3, -0.25) is 4.79 Å².